The van der Waals surface area contributed by atoms with Crippen molar-refractivity contribution in [2.75, 3.05) is 6.54 Å². The summed E-state index contributed by atoms with van der Waals surface area (Å²) in [6, 6.07) is 7.73. The molecule has 0 saturated carbocycles. The van der Waals surface area contributed by atoms with E-state index < -0.39 is 0 Å². The Morgan fingerprint density at radius 1 is 1.21 bits per heavy atom. The highest BCUT2D eigenvalue weighted by atomic mass is 32.1. The van der Waals surface area contributed by atoms with Crippen LogP contribution in [0.5, 0.6) is 0 Å². The first-order chi connectivity index (χ1) is 9.24. The zero-order valence-electron chi connectivity index (χ0n) is 11.2. The van der Waals surface area contributed by atoms with Gasteiger partial charge in [-0.3, -0.25) is 4.79 Å². The van der Waals surface area contributed by atoms with E-state index in [0.717, 1.165) is 23.4 Å². The van der Waals surface area contributed by atoms with E-state index in [9.17, 15) is 4.79 Å². The van der Waals surface area contributed by atoms with Crippen LogP contribution in [0.2, 0.25) is 0 Å². The van der Waals surface area contributed by atoms with Gasteiger partial charge in [0.1, 0.15) is 0 Å². The topological polar surface area (TPSA) is 29.1 Å². The second-order valence-electron chi connectivity index (χ2n) is 5.05. The lowest BCUT2D eigenvalue weighted by Crippen LogP contribution is -2.26. The SMILES string of the molecule is O=C(Cc1ccc(S)cc1)NCCC1=CCCCC1. The van der Waals surface area contributed by atoms with E-state index >= 15 is 0 Å². The Bertz CT molecular complexity index is 450. The van der Waals surface area contributed by atoms with Crippen LogP contribution >= 0.6 is 12.6 Å². The van der Waals surface area contributed by atoms with Gasteiger partial charge in [-0.2, -0.15) is 0 Å². The molecule has 2 nitrogen and oxygen atoms in total. The maximum atomic E-state index is 11.8. The number of hydrogen-bond donors (Lipinski definition) is 2. The van der Waals surface area contributed by atoms with Crippen LogP contribution in [-0.4, -0.2) is 12.5 Å². The number of amides is 1. The summed E-state index contributed by atoms with van der Waals surface area (Å²) in [6.07, 6.45) is 8.82. The van der Waals surface area contributed by atoms with Crippen molar-refractivity contribution in [2.45, 2.75) is 43.4 Å². The summed E-state index contributed by atoms with van der Waals surface area (Å²) in [5, 5.41) is 2.99. The molecule has 0 spiro atoms. The average Bonchev–Trinajstić information content (AvgIpc) is 2.43. The highest BCUT2D eigenvalue weighted by Crippen LogP contribution is 2.19. The molecule has 1 aliphatic rings. The van der Waals surface area contributed by atoms with Crippen LogP contribution < -0.4 is 5.32 Å². The molecule has 0 radical (unpaired) electrons. The fourth-order valence-electron chi connectivity index (χ4n) is 2.36. The van der Waals surface area contributed by atoms with Crippen LogP contribution in [0.1, 0.15) is 37.7 Å². The Morgan fingerprint density at radius 2 is 2.00 bits per heavy atom. The second-order valence-corrected chi connectivity index (χ2v) is 5.57. The number of allylic oxidation sites excluding steroid dienone is 1. The van der Waals surface area contributed by atoms with E-state index in [1.54, 1.807) is 0 Å². The van der Waals surface area contributed by atoms with Gasteiger partial charge < -0.3 is 5.32 Å². The minimum Gasteiger partial charge on any atom is -0.355 e. The molecule has 0 aromatic heterocycles. The first kappa shape index (κ1) is 14.2. The highest BCUT2D eigenvalue weighted by Gasteiger charge is 2.05. The monoisotopic (exact) mass is 275 g/mol. The minimum atomic E-state index is 0.100. The molecule has 0 unspecified atom stereocenters. The molecule has 1 amide bonds. The van der Waals surface area contributed by atoms with Crippen molar-refractivity contribution in [1.29, 1.82) is 0 Å². The molecule has 0 fully saturated rings. The lowest BCUT2D eigenvalue weighted by molar-refractivity contribution is -0.120. The number of rotatable bonds is 5. The number of carbonyl (C=O) groups is 1. The molecule has 0 saturated heterocycles. The van der Waals surface area contributed by atoms with E-state index in [1.165, 1.54) is 31.3 Å². The van der Waals surface area contributed by atoms with Crippen molar-refractivity contribution >= 4 is 18.5 Å². The Labute approximate surface area is 120 Å². The Hall–Kier alpha value is -1.22. The molecule has 0 heterocycles. The van der Waals surface area contributed by atoms with Crippen LogP contribution in [-0.2, 0) is 11.2 Å². The van der Waals surface area contributed by atoms with Crippen LogP contribution in [0, 0.1) is 0 Å². The molecule has 1 aliphatic carbocycles. The van der Waals surface area contributed by atoms with E-state index in [0.29, 0.717) is 6.42 Å². The number of hydrogen-bond acceptors (Lipinski definition) is 2. The normalized spacial score (nSPS) is 14.9. The number of thiol groups is 1. The third-order valence-corrected chi connectivity index (χ3v) is 3.75. The standard InChI is InChI=1S/C16H21NOS/c18-16(12-14-6-8-15(19)9-7-14)17-11-10-13-4-2-1-3-5-13/h4,6-9,19H,1-3,5,10-12H2,(H,17,18). The van der Waals surface area contributed by atoms with Gasteiger partial charge in [0.2, 0.25) is 5.91 Å². The van der Waals surface area contributed by atoms with Crippen LogP contribution in [0.3, 0.4) is 0 Å². The van der Waals surface area contributed by atoms with E-state index in [1.807, 2.05) is 24.3 Å². The average molecular weight is 275 g/mol. The van der Waals surface area contributed by atoms with Crippen molar-refractivity contribution in [1.82, 2.24) is 5.32 Å². The summed E-state index contributed by atoms with van der Waals surface area (Å²) >= 11 is 4.23. The van der Waals surface area contributed by atoms with Gasteiger partial charge in [-0.25, -0.2) is 0 Å². The summed E-state index contributed by atoms with van der Waals surface area (Å²) in [6.45, 7) is 0.759. The zero-order chi connectivity index (χ0) is 13.5. The summed E-state index contributed by atoms with van der Waals surface area (Å²) in [7, 11) is 0. The summed E-state index contributed by atoms with van der Waals surface area (Å²) < 4.78 is 0. The number of benzene rings is 1. The molecule has 0 bridgehead atoms. The molecule has 0 atom stereocenters. The van der Waals surface area contributed by atoms with Gasteiger partial charge in [0, 0.05) is 11.4 Å². The van der Waals surface area contributed by atoms with Crippen LogP contribution in [0.25, 0.3) is 0 Å². The van der Waals surface area contributed by atoms with Gasteiger partial charge in [-0.05, 0) is 49.8 Å². The molecular weight excluding hydrogens is 254 g/mol. The molecule has 2 rings (SSSR count). The van der Waals surface area contributed by atoms with Crippen LogP contribution in [0.15, 0.2) is 40.8 Å². The maximum absolute atomic E-state index is 11.8. The zero-order valence-corrected chi connectivity index (χ0v) is 12.1. The van der Waals surface area contributed by atoms with E-state index in [2.05, 4.69) is 24.0 Å². The molecule has 1 aromatic rings. The van der Waals surface area contributed by atoms with Gasteiger partial charge >= 0.3 is 0 Å². The quantitative estimate of drug-likeness (QED) is 0.625. The van der Waals surface area contributed by atoms with E-state index in [4.69, 9.17) is 0 Å². The van der Waals surface area contributed by atoms with Crippen molar-refractivity contribution in [2.24, 2.45) is 0 Å². The summed E-state index contributed by atoms with van der Waals surface area (Å²) in [5.41, 5.74) is 2.54. The van der Waals surface area contributed by atoms with Gasteiger partial charge in [0.15, 0.2) is 0 Å². The number of nitrogens with one attached hydrogen (secondary N) is 1. The van der Waals surface area contributed by atoms with Crippen LogP contribution in [0.4, 0.5) is 0 Å². The molecule has 19 heavy (non-hydrogen) atoms. The summed E-state index contributed by atoms with van der Waals surface area (Å²) in [4.78, 5) is 12.7. The third-order valence-electron chi connectivity index (χ3n) is 3.45. The molecule has 3 heteroatoms. The van der Waals surface area contributed by atoms with Crippen molar-refractivity contribution in [3.8, 4) is 0 Å². The molecule has 0 aliphatic heterocycles. The Morgan fingerprint density at radius 3 is 2.68 bits per heavy atom. The molecule has 102 valence electrons. The predicted octanol–water partition coefficient (Wildman–Crippen LogP) is 3.52. The number of carbonyl (C=O) groups excluding carboxylic acids is 1. The Balaban J connectivity index is 1.69. The van der Waals surface area contributed by atoms with Crippen molar-refractivity contribution in [3.05, 3.63) is 41.5 Å². The minimum absolute atomic E-state index is 0.100. The molecular formula is C16H21NOS. The fraction of sp³-hybridized carbons (Fsp3) is 0.438. The molecule has 1 N–H and O–H groups in total. The Kier molecular flexibility index (Phi) is 5.52. The maximum Gasteiger partial charge on any atom is 0.224 e. The van der Waals surface area contributed by atoms with Gasteiger partial charge in [-0.1, -0.05) is 23.8 Å². The summed E-state index contributed by atoms with van der Waals surface area (Å²) in [5.74, 6) is 0.100. The lowest BCUT2D eigenvalue weighted by atomic mass is 9.97. The molecule has 1 aromatic carbocycles. The van der Waals surface area contributed by atoms with Gasteiger partial charge in [0.25, 0.3) is 0 Å². The predicted molar refractivity (Wildman–Crippen MR) is 81.6 cm³/mol. The fourth-order valence-corrected chi connectivity index (χ4v) is 2.50. The lowest BCUT2D eigenvalue weighted by Gasteiger charge is -2.13. The largest absolute Gasteiger partial charge is 0.355 e. The van der Waals surface area contributed by atoms with Gasteiger partial charge in [-0.15, -0.1) is 12.6 Å². The highest BCUT2D eigenvalue weighted by molar-refractivity contribution is 7.80. The van der Waals surface area contributed by atoms with Crippen molar-refractivity contribution < 1.29 is 4.79 Å². The smallest absolute Gasteiger partial charge is 0.224 e. The van der Waals surface area contributed by atoms with Gasteiger partial charge in [0.05, 0.1) is 6.42 Å². The van der Waals surface area contributed by atoms with Crippen molar-refractivity contribution in [3.63, 3.8) is 0 Å². The third kappa shape index (κ3) is 5.11. The second kappa shape index (κ2) is 7.39. The van der Waals surface area contributed by atoms with E-state index in [-0.39, 0.29) is 5.91 Å². The first-order valence-corrected chi connectivity index (χ1v) is 7.41. The first-order valence-electron chi connectivity index (χ1n) is 6.96.